The molecule has 0 aliphatic rings. The van der Waals surface area contributed by atoms with Crippen LogP contribution in [0.4, 0.5) is 0 Å². The maximum absolute atomic E-state index is 12.3. The zero-order valence-electron chi connectivity index (χ0n) is 14.2. The molecule has 0 spiro atoms. The van der Waals surface area contributed by atoms with E-state index in [9.17, 15) is 4.79 Å². The molecule has 134 valence electrons. The smallest absolute Gasteiger partial charge is 0.246 e. The second-order valence-electron chi connectivity index (χ2n) is 5.63. The molecule has 0 radical (unpaired) electrons. The van der Waals surface area contributed by atoms with Crippen LogP contribution in [0, 0.1) is 0 Å². The van der Waals surface area contributed by atoms with Crippen LogP contribution in [0.5, 0.6) is 5.75 Å². The molecule has 0 bridgehead atoms. The van der Waals surface area contributed by atoms with Crippen molar-refractivity contribution in [3.8, 4) is 17.1 Å². The Morgan fingerprint density at radius 1 is 1.15 bits per heavy atom. The molecule has 0 atom stereocenters. The van der Waals surface area contributed by atoms with Crippen LogP contribution in [-0.4, -0.2) is 51.2 Å². The Morgan fingerprint density at radius 3 is 2.62 bits per heavy atom. The van der Waals surface area contributed by atoms with E-state index in [1.807, 2.05) is 30.3 Å². The monoisotopic (exact) mass is 371 g/mol. The van der Waals surface area contributed by atoms with Crippen molar-refractivity contribution in [3.05, 3.63) is 59.6 Å². The number of hydrogen-bond donors (Lipinski definition) is 0. The van der Waals surface area contributed by atoms with E-state index in [0.29, 0.717) is 29.7 Å². The number of hydrogen-bond acceptors (Lipinski definition) is 5. The maximum Gasteiger partial charge on any atom is 0.246 e. The van der Waals surface area contributed by atoms with Gasteiger partial charge in [0.05, 0.1) is 6.54 Å². The lowest BCUT2D eigenvalue weighted by molar-refractivity contribution is -0.131. The highest BCUT2D eigenvalue weighted by atomic mass is 35.5. The van der Waals surface area contributed by atoms with Gasteiger partial charge in [0.15, 0.2) is 0 Å². The summed E-state index contributed by atoms with van der Waals surface area (Å²) in [6, 6.07) is 16.6. The number of likely N-dealkylation sites (N-methyl/N-ethyl adjacent to an activating group) is 1. The first kappa shape index (κ1) is 17.9. The average Bonchev–Trinajstić information content (AvgIpc) is 3.12. The summed E-state index contributed by atoms with van der Waals surface area (Å²) in [5, 5.41) is 12.8. The molecule has 0 aliphatic heterocycles. The lowest BCUT2D eigenvalue weighted by atomic mass is 10.2. The van der Waals surface area contributed by atoms with Crippen LogP contribution in [0.25, 0.3) is 11.4 Å². The van der Waals surface area contributed by atoms with Gasteiger partial charge in [-0.2, -0.15) is 4.80 Å². The predicted octanol–water partition coefficient (Wildman–Crippen LogP) is 2.53. The Bertz CT molecular complexity index is 852. The average molecular weight is 372 g/mol. The largest absolute Gasteiger partial charge is 0.492 e. The molecule has 0 saturated heterocycles. The van der Waals surface area contributed by atoms with Gasteiger partial charge in [-0.3, -0.25) is 4.79 Å². The first-order chi connectivity index (χ1) is 12.6. The van der Waals surface area contributed by atoms with Crippen molar-refractivity contribution >= 4 is 17.5 Å². The van der Waals surface area contributed by atoms with Crippen molar-refractivity contribution in [2.45, 2.75) is 6.54 Å². The standard InChI is InChI=1S/C18H18ClN5O2/c1-23(11-12-26-16-9-7-15(19)8-10-16)17(25)13-24-21-18(20-22-24)14-5-3-2-4-6-14/h2-10H,11-13H2,1H3. The Hall–Kier alpha value is -2.93. The van der Waals surface area contributed by atoms with Crippen LogP contribution >= 0.6 is 11.6 Å². The van der Waals surface area contributed by atoms with Gasteiger partial charge < -0.3 is 9.64 Å². The highest BCUT2D eigenvalue weighted by molar-refractivity contribution is 6.30. The lowest BCUT2D eigenvalue weighted by Crippen LogP contribution is -2.34. The fourth-order valence-corrected chi connectivity index (χ4v) is 2.34. The Balaban J connectivity index is 1.48. The van der Waals surface area contributed by atoms with E-state index < -0.39 is 0 Å². The molecule has 3 rings (SSSR count). The number of carbonyl (C=O) groups is 1. The molecule has 26 heavy (non-hydrogen) atoms. The van der Waals surface area contributed by atoms with Gasteiger partial charge in [-0.1, -0.05) is 41.9 Å². The number of aromatic nitrogens is 4. The molecule has 1 aromatic heterocycles. The number of benzene rings is 2. The van der Waals surface area contributed by atoms with Gasteiger partial charge in [-0.15, -0.1) is 10.2 Å². The molecule has 3 aromatic rings. The van der Waals surface area contributed by atoms with Gasteiger partial charge in [0.2, 0.25) is 11.7 Å². The van der Waals surface area contributed by atoms with Crippen LogP contribution < -0.4 is 4.74 Å². The zero-order chi connectivity index (χ0) is 18.4. The number of carbonyl (C=O) groups excluding carboxylic acids is 1. The number of nitrogens with zero attached hydrogens (tertiary/aromatic N) is 5. The van der Waals surface area contributed by atoms with E-state index >= 15 is 0 Å². The van der Waals surface area contributed by atoms with Gasteiger partial charge in [-0.05, 0) is 29.5 Å². The summed E-state index contributed by atoms with van der Waals surface area (Å²) in [5.74, 6) is 1.08. The van der Waals surface area contributed by atoms with Crippen LogP contribution in [0.3, 0.4) is 0 Å². The van der Waals surface area contributed by atoms with Gasteiger partial charge in [0, 0.05) is 17.6 Å². The van der Waals surface area contributed by atoms with E-state index in [1.165, 1.54) is 4.80 Å². The molecule has 0 saturated carbocycles. The van der Waals surface area contributed by atoms with Crippen molar-refractivity contribution in [1.82, 2.24) is 25.1 Å². The van der Waals surface area contributed by atoms with Crippen LogP contribution in [0.1, 0.15) is 0 Å². The van der Waals surface area contributed by atoms with Crippen molar-refractivity contribution in [2.75, 3.05) is 20.2 Å². The first-order valence-electron chi connectivity index (χ1n) is 8.07. The number of amides is 1. The van der Waals surface area contributed by atoms with E-state index in [1.54, 1.807) is 36.2 Å². The molecular formula is C18H18ClN5O2. The van der Waals surface area contributed by atoms with Crippen LogP contribution in [0.2, 0.25) is 5.02 Å². The fraction of sp³-hybridized carbons (Fsp3) is 0.222. The van der Waals surface area contributed by atoms with Gasteiger partial charge in [0.25, 0.3) is 0 Å². The summed E-state index contributed by atoms with van der Waals surface area (Å²) in [7, 11) is 1.71. The molecule has 0 aliphatic carbocycles. The van der Waals surface area contributed by atoms with E-state index in [4.69, 9.17) is 16.3 Å². The number of tetrazole rings is 1. The third-order valence-corrected chi connectivity index (χ3v) is 3.95. The van der Waals surface area contributed by atoms with Crippen molar-refractivity contribution < 1.29 is 9.53 Å². The molecule has 7 nitrogen and oxygen atoms in total. The SMILES string of the molecule is CN(CCOc1ccc(Cl)cc1)C(=O)Cn1nnc(-c2ccccc2)n1. The summed E-state index contributed by atoms with van der Waals surface area (Å²) in [5.41, 5.74) is 0.857. The predicted molar refractivity (Wildman–Crippen MR) is 97.8 cm³/mol. The Morgan fingerprint density at radius 2 is 1.88 bits per heavy atom. The van der Waals surface area contributed by atoms with E-state index in [0.717, 1.165) is 5.56 Å². The molecule has 8 heteroatoms. The van der Waals surface area contributed by atoms with Crippen molar-refractivity contribution in [2.24, 2.45) is 0 Å². The minimum absolute atomic E-state index is 0.0251. The Labute approximate surface area is 156 Å². The summed E-state index contributed by atoms with van der Waals surface area (Å²) < 4.78 is 5.59. The topological polar surface area (TPSA) is 73.1 Å². The summed E-state index contributed by atoms with van der Waals surface area (Å²) >= 11 is 5.83. The maximum atomic E-state index is 12.3. The number of ether oxygens (including phenoxy) is 1. The quantitative estimate of drug-likeness (QED) is 0.638. The normalized spacial score (nSPS) is 10.5. The molecular weight excluding hydrogens is 354 g/mol. The summed E-state index contributed by atoms with van der Waals surface area (Å²) in [6.07, 6.45) is 0. The molecule has 0 fully saturated rings. The molecule has 1 amide bonds. The second kappa shape index (κ2) is 8.44. The second-order valence-corrected chi connectivity index (χ2v) is 6.06. The van der Waals surface area contributed by atoms with Gasteiger partial charge in [0.1, 0.15) is 18.9 Å². The van der Waals surface area contributed by atoms with E-state index in [-0.39, 0.29) is 12.5 Å². The molecule has 2 aromatic carbocycles. The summed E-state index contributed by atoms with van der Waals surface area (Å²) in [6.45, 7) is 0.850. The zero-order valence-corrected chi connectivity index (χ0v) is 15.0. The van der Waals surface area contributed by atoms with E-state index in [2.05, 4.69) is 15.4 Å². The fourth-order valence-electron chi connectivity index (χ4n) is 2.21. The highest BCUT2D eigenvalue weighted by Crippen LogP contribution is 2.15. The van der Waals surface area contributed by atoms with Crippen LogP contribution in [-0.2, 0) is 11.3 Å². The Kier molecular flexibility index (Phi) is 5.80. The highest BCUT2D eigenvalue weighted by Gasteiger charge is 2.13. The van der Waals surface area contributed by atoms with Gasteiger partial charge in [-0.25, -0.2) is 0 Å². The molecule has 1 heterocycles. The first-order valence-corrected chi connectivity index (χ1v) is 8.45. The van der Waals surface area contributed by atoms with Crippen molar-refractivity contribution in [3.63, 3.8) is 0 Å². The number of halogens is 1. The van der Waals surface area contributed by atoms with Crippen LogP contribution in [0.15, 0.2) is 54.6 Å². The van der Waals surface area contributed by atoms with Gasteiger partial charge >= 0.3 is 0 Å². The molecule has 0 N–H and O–H groups in total. The van der Waals surface area contributed by atoms with Crippen molar-refractivity contribution in [1.29, 1.82) is 0 Å². The summed E-state index contributed by atoms with van der Waals surface area (Å²) in [4.78, 5) is 15.1. The third-order valence-electron chi connectivity index (χ3n) is 3.70. The molecule has 0 unspecified atom stereocenters. The number of rotatable bonds is 7. The lowest BCUT2D eigenvalue weighted by Gasteiger charge is -2.17. The minimum Gasteiger partial charge on any atom is -0.492 e. The third kappa shape index (κ3) is 4.80. The minimum atomic E-state index is -0.123.